The highest BCUT2D eigenvalue weighted by atomic mass is 19.1. The van der Waals surface area contributed by atoms with E-state index in [1.54, 1.807) is 12.3 Å². The van der Waals surface area contributed by atoms with E-state index in [1.165, 1.54) is 18.9 Å². The van der Waals surface area contributed by atoms with Gasteiger partial charge in [0.15, 0.2) is 0 Å². The first-order chi connectivity index (χ1) is 9.22. The minimum absolute atomic E-state index is 0.195. The minimum Gasteiger partial charge on any atom is -0.310 e. The Labute approximate surface area is 112 Å². The van der Waals surface area contributed by atoms with Crippen LogP contribution in [0, 0.1) is 12.7 Å². The first-order valence-electron chi connectivity index (χ1n) is 6.67. The second kappa shape index (κ2) is 5.10. The third kappa shape index (κ3) is 2.99. The number of nitrogens with one attached hydrogen (secondary N) is 1. The van der Waals surface area contributed by atoms with Crippen molar-refractivity contribution in [1.82, 2.24) is 10.3 Å². The van der Waals surface area contributed by atoms with Crippen molar-refractivity contribution < 1.29 is 4.39 Å². The fourth-order valence-corrected chi connectivity index (χ4v) is 2.23. The lowest BCUT2D eigenvalue weighted by atomic mass is 9.99. The van der Waals surface area contributed by atoms with Crippen molar-refractivity contribution in [3.63, 3.8) is 0 Å². The molecule has 0 spiro atoms. The lowest BCUT2D eigenvalue weighted by Gasteiger charge is -2.11. The predicted molar refractivity (Wildman–Crippen MR) is 74.2 cm³/mol. The Kier molecular flexibility index (Phi) is 3.30. The number of nitrogens with zero attached hydrogens (tertiary/aromatic N) is 1. The Morgan fingerprint density at radius 3 is 2.84 bits per heavy atom. The molecule has 1 aliphatic carbocycles. The third-order valence-corrected chi connectivity index (χ3v) is 3.44. The number of hydrogen-bond acceptors (Lipinski definition) is 2. The summed E-state index contributed by atoms with van der Waals surface area (Å²) >= 11 is 0. The molecule has 0 amide bonds. The van der Waals surface area contributed by atoms with Gasteiger partial charge in [0, 0.05) is 24.5 Å². The van der Waals surface area contributed by atoms with E-state index in [4.69, 9.17) is 0 Å². The maximum absolute atomic E-state index is 13.5. The highest BCUT2D eigenvalue weighted by Gasteiger charge is 2.20. The lowest BCUT2D eigenvalue weighted by molar-refractivity contribution is 0.625. The SMILES string of the molecule is Cc1cc(-c2cc(F)ccc2CNC2CC2)ccn1. The van der Waals surface area contributed by atoms with E-state index in [-0.39, 0.29) is 5.82 Å². The van der Waals surface area contributed by atoms with E-state index < -0.39 is 0 Å². The number of aryl methyl sites for hydroxylation is 1. The highest BCUT2D eigenvalue weighted by molar-refractivity contribution is 5.67. The second-order valence-corrected chi connectivity index (χ2v) is 5.14. The van der Waals surface area contributed by atoms with Gasteiger partial charge in [0.25, 0.3) is 0 Å². The average Bonchev–Trinajstić information content (AvgIpc) is 3.21. The largest absolute Gasteiger partial charge is 0.310 e. The zero-order valence-electron chi connectivity index (χ0n) is 11.0. The van der Waals surface area contributed by atoms with Gasteiger partial charge in [-0.15, -0.1) is 0 Å². The van der Waals surface area contributed by atoms with Crippen molar-refractivity contribution in [3.8, 4) is 11.1 Å². The Morgan fingerprint density at radius 2 is 2.11 bits per heavy atom. The van der Waals surface area contributed by atoms with Gasteiger partial charge in [-0.2, -0.15) is 0 Å². The van der Waals surface area contributed by atoms with Crippen LogP contribution in [0.2, 0.25) is 0 Å². The van der Waals surface area contributed by atoms with Crippen LogP contribution in [0.3, 0.4) is 0 Å². The smallest absolute Gasteiger partial charge is 0.123 e. The van der Waals surface area contributed by atoms with E-state index in [0.29, 0.717) is 6.04 Å². The van der Waals surface area contributed by atoms with Crippen LogP contribution >= 0.6 is 0 Å². The molecule has 0 aliphatic heterocycles. The van der Waals surface area contributed by atoms with Gasteiger partial charge in [0.2, 0.25) is 0 Å². The summed E-state index contributed by atoms with van der Waals surface area (Å²) in [6.45, 7) is 2.74. The molecule has 1 aromatic carbocycles. The molecule has 1 aromatic heterocycles. The summed E-state index contributed by atoms with van der Waals surface area (Å²) in [4.78, 5) is 4.19. The molecule has 3 heteroatoms. The van der Waals surface area contributed by atoms with E-state index in [1.807, 2.05) is 25.1 Å². The fraction of sp³-hybridized carbons (Fsp3) is 0.312. The molecule has 2 nitrogen and oxygen atoms in total. The lowest BCUT2D eigenvalue weighted by Crippen LogP contribution is -2.16. The Balaban J connectivity index is 1.94. The molecule has 1 saturated carbocycles. The fourth-order valence-electron chi connectivity index (χ4n) is 2.23. The molecule has 1 heterocycles. The van der Waals surface area contributed by atoms with Gasteiger partial charge in [0.05, 0.1) is 0 Å². The standard InChI is InChI=1S/C16H17FN2/c1-11-8-12(6-7-18-11)16-9-14(17)3-2-13(16)10-19-15-4-5-15/h2-3,6-9,15,19H,4-5,10H2,1H3. The molecule has 0 atom stereocenters. The van der Waals surface area contributed by atoms with Gasteiger partial charge in [0.1, 0.15) is 5.82 Å². The maximum atomic E-state index is 13.5. The van der Waals surface area contributed by atoms with E-state index in [9.17, 15) is 4.39 Å². The Hall–Kier alpha value is -1.74. The highest BCUT2D eigenvalue weighted by Crippen LogP contribution is 2.26. The summed E-state index contributed by atoms with van der Waals surface area (Å²) in [7, 11) is 0. The quantitative estimate of drug-likeness (QED) is 0.906. The van der Waals surface area contributed by atoms with Gasteiger partial charge in [-0.25, -0.2) is 4.39 Å². The average molecular weight is 256 g/mol. The van der Waals surface area contributed by atoms with Crippen molar-refractivity contribution in [2.24, 2.45) is 0 Å². The molecule has 0 saturated heterocycles. The molecule has 1 N–H and O–H groups in total. The molecule has 19 heavy (non-hydrogen) atoms. The first-order valence-corrected chi connectivity index (χ1v) is 6.67. The molecule has 3 rings (SSSR count). The number of aromatic nitrogens is 1. The number of halogens is 1. The third-order valence-electron chi connectivity index (χ3n) is 3.44. The molecular weight excluding hydrogens is 239 g/mol. The summed E-state index contributed by atoms with van der Waals surface area (Å²) in [5, 5.41) is 3.48. The van der Waals surface area contributed by atoms with Crippen molar-refractivity contribution >= 4 is 0 Å². The van der Waals surface area contributed by atoms with E-state index in [0.717, 1.165) is 28.9 Å². The van der Waals surface area contributed by atoms with E-state index >= 15 is 0 Å². The van der Waals surface area contributed by atoms with E-state index in [2.05, 4.69) is 10.3 Å². The number of hydrogen-bond donors (Lipinski definition) is 1. The molecule has 0 unspecified atom stereocenters. The van der Waals surface area contributed by atoms with Gasteiger partial charge < -0.3 is 5.32 Å². The van der Waals surface area contributed by atoms with Crippen molar-refractivity contribution in [1.29, 1.82) is 0 Å². The molecule has 1 aliphatic rings. The topological polar surface area (TPSA) is 24.9 Å². The van der Waals surface area contributed by atoms with Gasteiger partial charge in [-0.3, -0.25) is 4.98 Å². The molecule has 0 radical (unpaired) electrons. The van der Waals surface area contributed by atoms with Crippen LogP contribution in [0.5, 0.6) is 0 Å². The molecule has 0 bridgehead atoms. The van der Waals surface area contributed by atoms with Crippen LogP contribution in [-0.4, -0.2) is 11.0 Å². The Bertz CT molecular complexity index is 591. The zero-order valence-corrected chi connectivity index (χ0v) is 11.0. The minimum atomic E-state index is -0.195. The summed E-state index contributed by atoms with van der Waals surface area (Å²) in [5.74, 6) is -0.195. The van der Waals surface area contributed by atoms with Crippen LogP contribution in [0.1, 0.15) is 24.1 Å². The van der Waals surface area contributed by atoms with Crippen LogP contribution in [-0.2, 0) is 6.54 Å². The normalized spacial score (nSPS) is 14.6. The van der Waals surface area contributed by atoms with Gasteiger partial charge in [-0.05, 0) is 60.7 Å². The van der Waals surface area contributed by atoms with Crippen LogP contribution in [0.15, 0.2) is 36.5 Å². The molecule has 98 valence electrons. The number of rotatable bonds is 4. The van der Waals surface area contributed by atoms with Crippen LogP contribution < -0.4 is 5.32 Å². The van der Waals surface area contributed by atoms with Crippen LogP contribution in [0.4, 0.5) is 4.39 Å². The summed E-state index contributed by atoms with van der Waals surface area (Å²) in [5.41, 5.74) is 4.07. The molecule has 1 fully saturated rings. The maximum Gasteiger partial charge on any atom is 0.123 e. The first kappa shape index (κ1) is 12.3. The van der Waals surface area contributed by atoms with Crippen molar-refractivity contribution in [2.75, 3.05) is 0 Å². The zero-order chi connectivity index (χ0) is 13.2. The van der Waals surface area contributed by atoms with Crippen LogP contribution in [0.25, 0.3) is 11.1 Å². The number of benzene rings is 1. The Morgan fingerprint density at radius 1 is 1.26 bits per heavy atom. The van der Waals surface area contributed by atoms with Gasteiger partial charge >= 0.3 is 0 Å². The van der Waals surface area contributed by atoms with Crippen molar-refractivity contribution in [2.45, 2.75) is 32.4 Å². The predicted octanol–water partition coefficient (Wildman–Crippen LogP) is 3.45. The molecular formula is C16H17FN2. The second-order valence-electron chi connectivity index (χ2n) is 5.14. The molecule has 2 aromatic rings. The van der Waals surface area contributed by atoms with Crippen molar-refractivity contribution in [3.05, 3.63) is 53.6 Å². The number of pyridine rings is 1. The summed E-state index contributed by atoms with van der Waals surface area (Å²) < 4.78 is 13.5. The van der Waals surface area contributed by atoms with Gasteiger partial charge in [-0.1, -0.05) is 6.07 Å². The monoisotopic (exact) mass is 256 g/mol. The summed E-state index contributed by atoms with van der Waals surface area (Å²) in [6.07, 6.45) is 4.28. The summed E-state index contributed by atoms with van der Waals surface area (Å²) in [6, 6.07) is 9.59.